The monoisotopic (exact) mass is 415 g/mol. The Morgan fingerprint density at radius 1 is 1.03 bits per heavy atom. The predicted octanol–water partition coefficient (Wildman–Crippen LogP) is 3.84. The lowest BCUT2D eigenvalue weighted by molar-refractivity contribution is -0.131. The van der Waals surface area contributed by atoms with Crippen molar-refractivity contribution in [3.8, 4) is 5.75 Å². The number of piperazine rings is 1. The molecule has 29 heavy (non-hydrogen) atoms. The second-order valence-electron chi connectivity index (χ2n) is 7.00. The molecule has 7 heteroatoms. The molecule has 0 aliphatic carbocycles. The number of ketones is 1. The van der Waals surface area contributed by atoms with Gasteiger partial charge in [-0.2, -0.15) is 0 Å². The van der Waals surface area contributed by atoms with Crippen molar-refractivity contribution in [3.05, 3.63) is 53.2 Å². The average Bonchev–Trinajstić information content (AvgIpc) is 2.77. The van der Waals surface area contributed by atoms with Gasteiger partial charge in [0.2, 0.25) is 5.91 Å². The van der Waals surface area contributed by atoms with E-state index in [0.29, 0.717) is 43.4 Å². The van der Waals surface area contributed by atoms with E-state index in [1.165, 1.54) is 0 Å². The van der Waals surface area contributed by atoms with E-state index in [2.05, 4.69) is 9.88 Å². The van der Waals surface area contributed by atoms with Gasteiger partial charge in [-0.25, -0.2) is 4.98 Å². The molecule has 1 fully saturated rings. The number of halogens is 1. The van der Waals surface area contributed by atoms with Crippen molar-refractivity contribution < 1.29 is 14.3 Å². The fourth-order valence-corrected chi connectivity index (χ4v) is 3.33. The number of pyridine rings is 1. The molecule has 154 valence electrons. The summed E-state index contributed by atoms with van der Waals surface area (Å²) in [6.45, 7) is 5.38. The molecule has 1 amide bonds. The van der Waals surface area contributed by atoms with Crippen molar-refractivity contribution in [2.24, 2.45) is 0 Å². The van der Waals surface area contributed by atoms with Crippen LogP contribution in [0.1, 0.15) is 36.5 Å². The number of nitrogens with zero attached hydrogens (tertiary/aromatic N) is 3. The summed E-state index contributed by atoms with van der Waals surface area (Å²) in [5.41, 5.74) is 0.611. The van der Waals surface area contributed by atoms with Gasteiger partial charge in [-0.15, -0.1) is 0 Å². The van der Waals surface area contributed by atoms with Gasteiger partial charge in [0.15, 0.2) is 5.78 Å². The van der Waals surface area contributed by atoms with Crippen LogP contribution in [0.4, 0.5) is 5.82 Å². The van der Waals surface area contributed by atoms with Crippen LogP contribution in [0.2, 0.25) is 5.02 Å². The quantitative estimate of drug-likeness (QED) is 0.613. The lowest BCUT2D eigenvalue weighted by Gasteiger charge is -2.35. The number of anilines is 1. The van der Waals surface area contributed by atoms with Gasteiger partial charge in [-0.3, -0.25) is 9.59 Å². The molecule has 2 heterocycles. The minimum atomic E-state index is -0.0237. The average molecular weight is 416 g/mol. The molecule has 0 N–H and O–H groups in total. The van der Waals surface area contributed by atoms with Crippen molar-refractivity contribution >= 4 is 29.1 Å². The van der Waals surface area contributed by atoms with Crippen LogP contribution < -0.4 is 9.64 Å². The summed E-state index contributed by atoms with van der Waals surface area (Å²) in [5, 5.41) is 0.607. The third kappa shape index (κ3) is 5.94. The summed E-state index contributed by atoms with van der Waals surface area (Å²) in [7, 11) is 0. The molecule has 0 radical (unpaired) electrons. The van der Waals surface area contributed by atoms with Crippen LogP contribution >= 0.6 is 11.6 Å². The molecule has 1 aliphatic heterocycles. The number of carbonyl (C=O) groups excluding carboxylic acids is 2. The molecule has 0 saturated carbocycles. The number of carbonyl (C=O) groups is 2. The topological polar surface area (TPSA) is 62.7 Å². The highest BCUT2D eigenvalue weighted by atomic mass is 35.5. The molecular formula is C22H26ClN3O3. The molecular weight excluding hydrogens is 390 g/mol. The van der Waals surface area contributed by atoms with E-state index < -0.39 is 0 Å². The summed E-state index contributed by atoms with van der Waals surface area (Å²) in [6, 6.07) is 10.8. The fourth-order valence-electron chi connectivity index (χ4n) is 3.22. The molecule has 1 aromatic heterocycles. The van der Waals surface area contributed by atoms with Gasteiger partial charge in [0.1, 0.15) is 11.6 Å². The van der Waals surface area contributed by atoms with Crippen molar-refractivity contribution in [2.75, 3.05) is 37.7 Å². The van der Waals surface area contributed by atoms with E-state index in [4.69, 9.17) is 16.3 Å². The molecule has 0 atom stereocenters. The summed E-state index contributed by atoms with van der Waals surface area (Å²) >= 11 is 5.88. The van der Waals surface area contributed by atoms with Gasteiger partial charge in [-0.1, -0.05) is 18.5 Å². The lowest BCUT2D eigenvalue weighted by Crippen LogP contribution is -2.49. The number of aromatic nitrogens is 1. The zero-order valence-electron chi connectivity index (χ0n) is 16.6. The minimum Gasteiger partial charge on any atom is -0.494 e. The Morgan fingerprint density at radius 3 is 2.38 bits per heavy atom. The third-order valence-corrected chi connectivity index (χ3v) is 5.11. The molecule has 0 unspecified atom stereocenters. The predicted molar refractivity (Wildman–Crippen MR) is 114 cm³/mol. The molecule has 0 spiro atoms. The Morgan fingerprint density at radius 2 is 1.76 bits per heavy atom. The fraction of sp³-hybridized carbons (Fsp3) is 0.409. The second kappa shape index (κ2) is 10.3. The Hall–Kier alpha value is -2.60. The van der Waals surface area contributed by atoms with Crippen molar-refractivity contribution in [2.45, 2.75) is 26.2 Å². The first-order valence-electron chi connectivity index (χ1n) is 9.97. The summed E-state index contributed by atoms with van der Waals surface area (Å²) in [5.74, 6) is 1.62. The number of hydrogen-bond donors (Lipinski definition) is 0. The van der Waals surface area contributed by atoms with Gasteiger partial charge in [0.05, 0.1) is 11.6 Å². The normalized spacial score (nSPS) is 14.0. The van der Waals surface area contributed by atoms with Crippen LogP contribution in [0.15, 0.2) is 42.6 Å². The van der Waals surface area contributed by atoms with E-state index in [-0.39, 0.29) is 24.5 Å². The van der Waals surface area contributed by atoms with Crippen molar-refractivity contribution in [1.29, 1.82) is 0 Å². The maximum atomic E-state index is 12.5. The number of Topliss-reactive ketones (excluding diaryl/α,β-unsaturated/α-hetero) is 1. The highest BCUT2D eigenvalue weighted by Crippen LogP contribution is 2.18. The molecule has 3 rings (SSSR count). The van der Waals surface area contributed by atoms with Gasteiger partial charge in [-0.05, 0) is 42.8 Å². The van der Waals surface area contributed by atoms with Crippen LogP contribution in [-0.2, 0) is 4.79 Å². The Labute approximate surface area is 176 Å². The Bertz CT molecular complexity index is 816. The lowest BCUT2D eigenvalue weighted by atomic mass is 10.1. The number of amides is 1. The number of benzene rings is 1. The first-order valence-corrected chi connectivity index (χ1v) is 10.3. The molecule has 1 saturated heterocycles. The number of rotatable bonds is 8. The Kier molecular flexibility index (Phi) is 7.47. The van der Waals surface area contributed by atoms with Gasteiger partial charge < -0.3 is 14.5 Å². The van der Waals surface area contributed by atoms with Crippen molar-refractivity contribution in [1.82, 2.24) is 9.88 Å². The van der Waals surface area contributed by atoms with Crippen LogP contribution in [0, 0.1) is 0 Å². The highest BCUT2D eigenvalue weighted by molar-refractivity contribution is 6.30. The van der Waals surface area contributed by atoms with E-state index in [9.17, 15) is 9.59 Å². The summed E-state index contributed by atoms with van der Waals surface area (Å²) in [6.07, 6.45) is 3.01. The molecule has 0 bridgehead atoms. The largest absolute Gasteiger partial charge is 0.494 e. The SMILES string of the molecule is CCCOc1ccc(C(=O)CCC(=O)N2CCN(c3ccc(Cl)cn3)CC2)cc1. The van der Waals surface area contributed by atoms with E-state index >= 15 is 0 Å². The second-order valence-corrected chi connectivity index (χ2v) is 7.43. The van der Waals surface area contributed by atoms with Gasteiger partial charge in [0, 0.05) is 50.8 Å². The van der Waals surface area contributed by atoms with Gasteiger partial charge in [0.25, 0.3) is 0 Å². The van der Waals surface area contributed by atoms with Crippen LogP contribution in [0.25, 0.3) is 0 Å². The first kappa shape index (κ1) is 21.1. The molecule has 6 nitrogen and oxygen atoms in total. The highest BCUT2D eigenvalue weighted by Gasteiger charge is 2.22. The van der Waals surface area contributed by atoms with E-state index in [1.807, 2.05) is 24.0 Å². The molecule has 2 aromatic rings. The number of hydrogen-bond acceptors (Lipinski definition) is 5. The molecule has 1 aliphatic rings. The minimum absolute atomic E-state index is 0.0185. The molecule has 1 aromatic carbocycles. The maximum absolute atomic E-state index is 12.5. The van der Waals surface area contributed by atoms with E-state index in [0.717, 1.165) is 18.0 Å². The summed E-state index contributed by atoms with van der Waals surface area (Å²) in [4.78, 5) is 33.2. The summed E-state index contributed by atoms with van der Waals surface area (Å²) < 4.78 is 5.53. The zero-order chi connectivity index (χ0) is 20.6. The van der Waals surface area contributed by atoms with Gasteiger partial charge >= 0.3 is 0 Å². The smallest absolute Gasteiger partial charge is 0.223 e. The zero-order valence-corrected chi connectivity index (χ0v) is 17.4. The maximum Gasteiger partial charge on any atom is 0.223 e. The van der Waals surface area contributed by atoms with Crippen LogP contribution in [0.5, 0.6) is 5.75 Å². The third-order valence-electron chi connectivity index (χ3n) is 4.88. The number of ether oxygens (including phenoxy) is 1. The van der Waals surface area contributed by atoms with Crippen LogP contribution in [0.3, 0.4) is 0 Å². The van der Waals surface area contributed by atoms with Crippen LogP contribution in [-0.4, -0.2) is 54.4 Å². The first-order chi connectivity index (χ1) is 14.1. The van der Waals surface area contributed by atoms with Crippen molar-refractivity contribution in [3.63, 3.8) is 0 Å². The standard InChI is InChI=1S/C22H26ClN3O3/c1-2-15-29-19-6-3-17(4-7-19)20(27)8-10-22(28)26-13-11-25(12-14-26)21-9-5-18(23)16-24-21/h3-7,9,16H,2,8,10-15H2,1H3. The Balaban J connectivity index is 1.43. The van der Waals surface area contributed by atoms with E-state index in [1.54, 1.807) is 30.5 Å².